The van der Waals surface area contributed by atoms with Crippen LogP contribution in [-0.4, -0.2) is 24.7 Å². The number of hydrogen-bond donors (Lipinski definition) is 1. The van der Waals surface area contributed by atoms with E-state index in [4.69, 9.17) is 0 Å². The second-order valence-electron chi connectivity index (χ2n) is 7.08. The van der Waals surface area contributed by atoms with E-state index in [0.29, 0.717) is 17.1 Å². The molecule has 148 valence electrons. The van der Waals surface area contributed by atoms with Gasteiger partial charge in [0.25, 0.3) is 5.56 Å². The Balaban J connectivity index is 2.00. The summed E-state index contributed by atoms with van der Waals surface area (Å²) in [5, 5.41) is 6.96. The quantitative estimate of drug-likeness (QED) is 0.514. The molecule has 1 aliphatic rings. The highest BCUT2D eigenvalue weighted by Crippen LogP contribution is 2.42. The van der Waals surface area contributed by atoms with Crippen LogP contribution < -0.4 is 5.56 Å². The van der Waals surface area contributed by atoms with E-state index in [0.717, 1.165) is 23.5 Å². The molecule has 1 fully saturated rings. The van der Waals surface area contributed by atoms with Crippen LogP contribution >= 0.6 is 0 Å². The Labute approximate surface area is 160 Å². The first kappa shape index (κ1) is 17.8. The average molecular weight is 403 g/mol. The van der Waals surface area contributed by atoms with Crippen LogP contribution in [-0.2, 0) is 6.18 Å². The number of alkyl halides is 3. The molecular weight excluding hydrogens is 390 g/mol. The maximum Gasteiger partial charge on any atom is 0.436 e. The predicted octanol–water partition coefficient (Wildman–Crippen LogP) is 4.00. The molecule has 0 spiro atoms. The molecule has 5 rings (SSSR count). The molecule has 6 nitrogen and oxygen atoms in total. The molecule has 29 heavy (non-hydrogen) atoms. The number of halogens is 4. The molecule has 4 aromatic rings. The fraction of sp³-hybridized carbons (Fsp3) is 0.263. The van der Waals surface area contributed by atoms with E-state index in [1.54, 1.807) is 25.3 Å². The molecule has 1 N–H and O–H groups in total. The normalized spacial score (nSPS) is 14.8. The van der Waals surface area contributed by atoms with Gasteiger partial charge >= 0.3 is 6.18 Å². The van der Waals surface area contributed by atoms with Crippen LogP contribution in [0.1, 0.15) is 35.8 Å². The van der Waals surface area contributed by atoms with Crippen molar-refractivity contribution in [1.82, 2.24) is 24.7 Å². The van der Waals surface area contributed by atoms with Crippen LogP contribution in [0, 0.1) is 12.7 Å². The number of nitrogens with zero attached hydrogens (tertiary/aromatic N) is 4. The predicted molar refractivity (Wildman–Crippen MR) is 96.5 cm³/mol. The van der Waals surface area contributed by atoms with Crippen molar-refractivity contribution in [3.05, 3.63) is 57.6 Å². The van der Waals surface area contributed by atoms with Gasteiger partial charge in [-0.05, 0) is 38.0 Å². The molecule has 0 aliphatic heterocycles. The highest BCUT2D eigenvalue weighted by molar-refractivity contribution is 6.05. The zero-order chi connectivity index (χ0) is 20.5. The first-order valence-corrected chi connectivity index (χ1v) is 8.89. The molecule has 10 heteroatoms. The Hall–Kier alpha value is -3.30. The topological polar surface area (TPSA) is 76.5 Å². The van der Waals surface area contributed by atoms with Crippen LogP contribution in [0.5, 0.6) is 0 Å². The van der Waals surface area contributed by atoms with Crippen molar-refractivity contribution >= 4 is 21.9 Å². The first-order valence-electron chi connectivity index (χ1n) is 8.89. The lowest BCUT2D eigenvalue weighted by atomic mass is 10.1. The summed E-state index contributed by atoms with van der Waals surface area (Å²) in [7, 11) is 0. The Morgan fingerprint density at radius 2 is 2.03 bits per heavy atom. The van der Waals surface area contributed by atoms with Crippen LogP contribution in [0.2, 0.25) is 0 Å². The zero-order valence-electron chi connectivity index (χ0n) is 15.0. The van der Waals surface area contributed by atoms with Crippen molar-refractivity contribution < 1.29 is 17.6 Å². The minimum atomic E-state index is -5.01. The Morgan fingerprint density at radius 1 is 1.28 bits per heavy atom. The highest BCUT2D eigenvalue weighted by Gasteiger charge is 2.38. The average Bonchev–Trinajstić information content (AvgIpc) is 3.43. The standard InChI is InChI=1S/C19H13F4N5O/c1-8-13-10-7-11(20)16(19(21,22)23)25-17(10)28(18(29)15(13)27-26-8)12-3-2-6-24-14(12)9-4-5-9/h2-3,6-7,9H,4-5H2,1H3,(H,26,27). The molecule has 0 aromatic carbocycles. The van der Waals surface area contributed by atoms with Crippen molar-refractivity contribution in [2.45, 2.75) is 31.9 Å². The van der Waals surface area contributed by atoms with Gasteiger partial charge in [0, 0.05) is 28.6 Å². The Morgan fingerprint density at radius 3 is 2.72 bits per heavy atom. The van der Waals surface area contributed by atoms with Crippen molar-refractivity contribution in [3.8, 4) is 5.69 Å². The molecule has 1 aliphatic carbocycles. The summed E-state index contributed by atoms with van der Waals surface area (Å²) in [6, 6.07) is 3.96. The van der Waals surface area contributed by atoms with Gasteiger partial charge in [-0.25, -0.2) is 9.37 Å². The molecule has 0 atom stereocenters. The summed E-state index contributed by atoms with van der Waals surface area (Å²) in [6.45, 7) is 1.60. The van der Waals surface area contributed by atoms with Gasteiger partial charge in [0.1, 0.15) is 5.65 Å². The minimum Gasteiger partial charge on any atom is -0.281 e. The van der Waals surface area contributed by atoms with Crippen molar-refractivity contribution in [2.75, 3.05) is 0 Å². The van der Waals surface area contributed by atoms with Crippen molar-refractivity contribution in [2.24, 2.45) is 0 Å². The molecule has 4 aromatic heterocycles. The summed E-state index contributed by atoms with van der Waals surface area (Å²) >= 11 is 0. The summed E-state index contributed by atoms with van der Waals surface area (Å²) in [6.07, 6.45) is -1.70. The summed E-state index contributed by atoms with van der Waals surface area (Å²) in [4.78, 5) is 21.1. The monoisotopic (exact) mass is 403 g/mol. The summed E-state index contributed by atoms with van der Waals surface area (Å²) in [5.41, 5.74) is -1.22. The third kappa shape index (κ3) is 2.62. The lowest BCUT2D eigenvalue weighted by molar-refractivity contribution is -0.143. The number of aromatic amines is 1. The van der Waals surface area contributed by atoms with Crippen LogP contribution in [0.3, 0.4) is 0 Å². The maximum absolute atomic E-state index is 14.3. The second-order valence-corrected chi connectivity index (χ2v) is 7.08. The van der Waals surface area contributed by atoms with Gasteiger partial charge in [-0.3, -0.25) is 19.4 Å². The molecule has 0 saturated heterocycles. The minimum absolute atomic E-state index is 0.00144. The molecule has 0 radical (unpaired) electrons. The van der Waals surface area contributed by atoms with E-state index in [9.17, 15) is 22.4 Å². The van der Waals surface area contributed by atoms with Gasteiger partial charge in [0.2, 0.25) is 0 Å². The lowest BCUT2D eigenvalue weighted by Gasteiger charge is -2.15. The largest absolute Gasteiger partial charge is 0.436 e. The smallest absolute Gasteiger partial charge is 0.281 e. The van der Waals surface area contributed by atoms with Crippen LogP contribution in [0.15, 0.2) is 29.2 Å². The van der Waals surface area contributed by atoms with E-state index < -0.39 is 23.2 Å². The van der Waals surface area contributed by atoms with Gasteiger partial charge in [-0.1, -0.05) is 0 Å². The van der Waals surface area contributed by atoms with E-state index in [2.05, 4.69) is 20.2 Å². The lowest BCUT2D eigenvalue weighted by Crippen LogP contribution is -2.23. The zero-order valence-corrected chi connectivity index (χ0v) is 15.0. The molecule has 4 heterocycles. The van der Waals surface area contributed by atoms with E-state index in [1.165, 1.54) is 0 Å². The van der Waals surface area contributed by atoms with Gasteiger partial charge in [0.05, 0.1) is 11.4 Å². The van der Waals surface area contributed by atoms with Crippen molar-refractivity contribution in [3.63, 3.8) is 0 Å². The molecular formula is C19H13F4N5O. The third-order valence-corrected chi connectivity index (χ3v) is 5.08. The molecule has 1 saturated carbocycles. The number of nitrogens with one attached hydrogen (secondary N) is 1. The van der Waals surface area contributed by atoms with Crippen LogP contribution in [0.4, 0.5) is 17.6 Å². The second kappa shape index (κ2) is 5.85. The van der Waals surface area contributed by atoms with E-state index >= 15 is 0 Å². The number of aryl methyl sites for hydroxylation is 1. The number of H-pyrrole nitrogens is 1. The Kier molecular flexibility index (Phi) is 3.59. The number of pyridine rings is 3. The Bertz CT molecular complexity index is 1350. The first-order chi connectivity index (χ1) is 13.8. The van der Waals surface area contributed by atoms with E-state index in [1.807, 2.05) is 0 Å². The van der Waals surface area contributed by atoms with Gasteiger partial charge in [-0.15, -0.1) is 0 Å². The van der Waals surface area contributed by atoms with Gasteiger partial charge < -0.3 is 0 Å². The number of aromatic nitrogens is 5. The third-order valence-electron chi connectivity index (χ3n) is 5.08. The maximum atomic E-state index is 14.3. The number of rotatable bonds is 2. The van der Waals surface area contributed by atoms with Gasteiger partial charge in [-0.2, -0.15) is 18.3 Å². The fourth-order valence-electron chi connectivity index (χ4n) is 3.64. The SMILES string of the molecule is Cc1[nH]nc2c(=O)n(-c3cccnc3C3CC3)c3nc(C(F)(F)F)c(F)cc3c12. The van der Waals surface area contributed by atoms with Crippen molar-refractivity contribution in [1.29, 1.82) is 0 Å². The molecule has 0 amide bonds. The number of hydrogen-bond acceptors (Lipinski definition) is 4. The van der Waals surface area contributed by atoms with E-state index in [-0.39, 0.29) is 27.9 Å². The fourth-order valence-corrected chi connectivity index (χ4v) is 3.64. The highest BCUT2D eigenvalue weighted by atomic mass is 19.4. The molecule has 0 bridgehead atoms. The van der Waals surface area contributed by atoms with Gasteiger partial charge in [0.15, 0.2) is 17.0 Å². The molecule has 0 unspecified atom stereocenters. The number of fused-ring (bicyclic) bond motifs is 3. The van der Waals surface area contributed by atoms with Crippen LogP contribution in [0.25, 0.3) is 27.6 Å². The summed E-state index contributed by atoms with van der Waals surface area (Å²) in [5.74, 6) is -1.39. The summed E-state index contributed by atoms with van der Waals surface area (Å²) < 4.78 is 55.4.